The SMILES string of the molecule is O=C(Nc1ccc(Br)cc1Br)c1ccc(CBr)cc1. The van der Waals surface area contributed by atoms with Gasteiger partial charge in [0.1, 0.15) is 0 Å². The lowest BCUT2D eigenvalue weighted by atomic mass is 10.1. The molecule has 0 aliphatic heterocycles. The number of halogens is 3. The number of hydrogen-bond donors (Lipinski definition) is 1. The van der Waals surface area contributed by atoms with Crippen LogP contribution < -0.4 is 5.32 Å². The maximum absolute atomic E-state index is 12.1. The van der Waals surface area contributed by atoms with Crippen molar-refractivity contribution in [3.05, 3.63) is 62.5 Å². The fraction of sp³-hybridized carbons (Fsp3) is 0.0714. The smallest absolute Gasteiger partial charge is 0.255 e. The fourth-order valence-corrected chi connectivity index (χ4v) is 3.05. The lowest BCUT2D eigenvalue weighted by molar-refractivity contribution is 0.102. The zero-order valence-electron chi connectivity index (χ0n) is 9.79. The second kappa shape index (κ2) is 6.68. The minimum absolute atomic E-state index is 0.121. The van der Waals surface area contributed by atoms with E-state index in [2.05, 4.69) is 53.1 Å². The molecular formula is C14H10Br3NO. The zero-order valence-corrected chi connectivity index (χ0v) is 14.5. The van der Waals surface area contributed by atoms with Crippen molar-refractivity contribution < 1.29 is 4.79 Å². The molecule has 0 saturated heterocycles. The minimum Gasteiger partial charge on any atom is -0.321 e. The van der Waals surface area contributed by atoms with Gasteiger partial charge in [0.25, 0.3) is 5.91 Å². The summed E-state index contributed by atoms with van der Waals surface area (Å²) in [6, 6.07) is 13.1. The molecule has 0 aromatic heterocycles. The second-order valence-corrected chi connectivity index (χ2v) is 6.24. The molecule has 2 aromatic rings. The Kier molecular flexibility index (Phi) is 5.19. The van der Waals surface area contributed by atoms with E-state index in [-0.39, 0.29) is 5.91 Å². The average Bonchev–Trinajstić information content (AvgIpc) is 2.42. The molecule has 0 aliphatic carbocycles. The largest absolute Gasteiger partial charge is 0.321 e. The first-order valence-corrected chi connectivity index (χ1v) is 8.22. The summed E-state index contributed by atoms with van der Waals surface area (Å²) in [5, 5.41) is 3.66. The van der Waals surface area contributed by atoms with Gasteiger partial charge in [0.2, 0.25) is 0 Å². The first-order chi connectivity index (χ1) is 9.10. The van der Waals surface area contributed by atoms with Crippen molar-refractivity contribution in [2.45, 2.75) is 5.33 Å². The fourth-order valence-electron chi connectivity index (χ4n) is 1.53. The van der Waals surface area contributed by atoms with Crippen molar-refractivity contribution in [3.63, 3.8) is 0 Å². The van der Waals surface area contributed by atoms with Gasteiger partial charge in [-0.2, -0.15) is 0 Å². The van der Waals surface area contributed by atoms with E-state index in [9.17, 15) is 4.79 Å². The molecule has 2 nitrogen and oxygen atoms in total. The van der Waals surface area contributed by atoms with E-state index in [1.807, 2.05) is 42.5 Å². The molecule has 0 saturated carbocycles. The zero-order chi connectivity index (χ0) is 13.8. The molecule has 2 rings (SSSR count). The summed E-state index contributed by atoms with van der Waals surface area (Å²) >= 11 is 10.2. The van der Waals surface area contributed by atoms with Crippen molar-refractivity contribution >= 4 is 59.4 Å². The number of alkyl halides is 1. The molecule has 1 amide bonds. The monoisotopic (exact) mass is 445 g/mol. The number of amides is 1. The molecule has 98 valence electrons. The maximum atomic E-state index is 12.1. The molecule has 1 N–H and O–H groups in total. The number of nitrogens with one attached hydrogen (secondary N) is 1. The molecule has 0 bridgehead atoms. The number of benzene rings is 2. The molecule has 0 atom stereocenters. The van der Waals surface area contributed by atoms with Crippen LogP contribution in [-0.4, -0.2) is 5.91 Å². The lowest BCUT2D eigenvalue weighted by Crippen LogP contribution is -2.12. The first-order valence-electron chi connectivity index (χ1n) is 5.51. The Balaban J connectivity index is 2.15. The number of carbonyl (C=O) groups excluding carboxylic acids is 1. The predicted molar refractivity (Wildman–Crippen MR) is 88.9 cm³/mol. The third-order valence-electron chi connectivity index (χ3n) is 2.55. The van der Waals surface area contributed by atoms with Crippen molar-refractivity contribution in [1.82, 2.24) is 0 Å². The Morgan fingerprint density at radius 3 is 2.32 bits per heavy atom. The summed E-state index contributed by atoms with van der Waals surface area (Å²) in [6.07, 6.45) is 0. The Morgan fingerprint density at radius 1 is 1.05 bits per heavy atom. The highest BCUT2D eigenvalue weighted by atomic mass is 79.9. The normalized spacial score (nSPS) is 10.3. The van der Waals surface area contributed by atoms with E-state index >= 15 is 0 Å². The average molecular weight is 448 g/mol. The maximum Gasteiger partial charge on any atom is 0.255 e. The molecule has 0 spiro atoms. The van der Waals surface area contributed by atoms with Crippen LogP contribution in [0.2, 0.25) is 0 Å². The third-order valence-corrected chi connectivity index (χ3v) is 4.35. The highest BCUT2D eigenvalue weighted by molar-refractivity contribution is 9.11. The number of carbonyl (C=O) groups is 1. The Bertz CT molecular complexity index is 596. The molecule has 0 fully saturated rings. The topological polar surface area (TPSA) is 29.1 Å². The van der Waals surface area contributed by atoms with Gasteiger partial charge in [-0.3, -0.25) is 4.79 Å². The van der Waals surface area contributed by atoms with Gasteiger partial charge in [0, 0.05) is 19.8 Å². The van der Waals surface area contributed by atoms with Crippen LogP contribution in [0.1, 0.15) is 15.9 Å². The van der Waals surface area contributed by atoms with E-state index in [0.29, 0.717) is 5.56 Å². The Labute approximate surface area is 137 Å². The van der Waals surface area contributed by atoms with Gasteiger partial charge in [-0.25, -0.2) is 0 Å². The van der Waals surface area contributed by atoms with Gasteiger partial charge >= 0.3 is 0 Å². The van der Waals surface area contributed by atoms with Crippen molar-refractivity contribution in [2.75, 3.05) is 5.32 Å². The van der Waals surface area contributed by atoms with Crippen LogP contribution in [0.5, 0.6) is 0 Å². The summed E-state index contributed by atoms with van der Waals surface area (Å²) in [5.41, 5.74) is 2.53. The predicted octanol–water partition coefficient (Wildman–Crippen LogP) is 5.36. The molecule has 19 heavy (non-hydrogen) atoms. The van der Waals surface area contributed by atoms with Gasteiger partial charge < -0.3 is 5.32 Å². The van der Waals surface area contributed by atoms with Crippen molar-refractivity contribution in [2.24, 2.45) is 0 Å². The number of anilines is 1. The van der Waals surface area contributed by atoms with Crippen molar-refractivity contribution in [1.29, 1.82) is 0 Å². The summed E-state index contributed by atoms with van der Waals surface area (Å²) in [7, 11) is 0. The molecule has 5 heteroatoms. The molecule has 2 aromatic carbocycles. The van der Waals surface area contributed by atoms with E-state index in [1.165, 1.54) is 0 Å². The summed E-state index contributed by atoms with van der Waals surface area (Å²) in [6.45, 7) is 0. The molecule has 0 heterocycles. The summed E-state index contributed by atoms with van der Waals surface area (Å²) in [5.74, 6) is -0.121. The standard InChI is InChI=1S/C14H10Br3NO/c15-8-9-1-3-10(4-2-9)14(19)18-13-6-5-11(16)7-12(13)17/h1-7H,8H2,(H,18,19). The molecular weight excluding hydrogens is 438 g/mol. The van der Waals surface area contributed by atoms with Gasteiger partial charge in [-0.05, 0) is 51.8 Å². The van der Waals surface area contributed by atoms with Crippen LogP contribution in [0, 0.1) is 0 Å². The van der Waals surface area contributed by atoms with Crippen LogP contribution in [0.25, 0.3) is 0 Å². The quantitative estimate of drug-likeness (QED) is 0.630. The van der Waals surface area contributed by atoms with Crippen LogP contribution >= 0.6 is 47.8 Å². The van der Waals surface area contributed by atoms with Crippen LogP contribution in [0.4, 0.5) is 5.69 Å². The van der Waals surface area contributed by atoms with Crippen LogP contribution in [-0.2, 0) is 5.33 Å². The highest BCUT2D eigenvalue weighted by Gasteiger charge is 2.08. The Hall–Kier alpha value is -0.650. The van der Waals surface area contributed by atoms with Crippen LogP contribution in [0.3, 0.4) is 0 Å². The van der Waals surface area contributed by atoms with E-state index in [1.54, 1.807) is 0 Å². The summed E-state index contributed by atoms with van der Waals surface area (Å²) in [4.78, 5) is 12.1. The first kappa shape index (κ1) is 14.8. The van der Waals surface area contributed by atoms with Gasteiger partial charge in [0.15, 0.2) is 0 Å². The van der Waals surface area contributed by atoms with Crippen LogP contribution in [0.15, 0.2) is 51.4 Å². The van der Waals surface area contributed by atoms with E-state index in [4.69, 9.17) is 0 Å². The summed E-state index contributed by atoms with van der Waals surface area (Å²) < 4.78 is 1.80. The number of rotatable bonds is 3. The molecule has 0 radical (unpaired) electrons. The Morgan fingerprint density at radius 2 is 1.74 bits per heavy atom. The lowest BCUT2D eigenvalue weighted by Gasteiger charge is -2.08. The van der Waals surface area contributed by atoms with Gasteiger partial charge in [-0.1, -0.05) is 44.0 Å². The van der Waals surface area contributed by atoms with E-state index < -0.39 is 0 Å². The minimum atomic E-state index is -0.121. The van der Waals surface area contributed by atoms with Crippen molar-refractivity contribution in [3.8, 4) is 0 Å². The molecule has 0 aliphatic rings. The molecule has 0 unspecified atom stereocenters. The van der Waals surface area contributed by atoms with E-state index in [0.717, 1.165) is 25.5 Å². The van der Waals surface area contributed by atoms with Gasteiger partial charge in [-0.15, -0.1) is 0 Å². The highest BCUT2D eigenvalue weighted by Crippen LogP contribution is 2.26. The second-order valence-electron chi connectivity index (χ2n) is 3.91. The third kappa shape index (κ3) is 3.91. The van der Waals surface area contributed by atoms with Gasteiger partial charge in [0.05, 0.1) is 5.69 Å². The number of hydrogen-bond acceptors (Lipinski definition) is 1.